The van der Waals surface area contributed by atoms with Gasteiger partial charge in [-0.05, 0) is 31.0 Å². The van der Waals surface area contributed by atoms with Gasteiger partial charge in [-0.1, -0.05) is 6.42 Å². The van der Waals surface area contributed by atoms with Gasteiger partial charge in [0.05, 0.1) is 11.5 Å². The molecule has 1 aliphatic rings. The smallest absolute Gasteiger partial charge is 0.308 e. The van der Waals surface area contributed by atoms with E-state index >= 15 is 0 Å². The van der Waals surface area contributed by atoms with Gasteiger partial charge in [0, 0.05) is 6.04 Å². The average molecular weight is 269 g/mol. The average Bonchev–Trinajstić information content (AvgIpc) is 2.80. The predicted molar refractivity (Wildman–Crippen MR) is 62.6 cm³/mol. The highest BCUT2D eigenvalue weighted by Crippen LogP contribution is 2.26. The van der Waals surface area contributed by atoms with E-state index in [2.05, 4.69) is 5.32 Å². The normalized spacial score (nSPS) is 22.2. The Morgan fingerprint density at radius 3 is 2.68 bits per heavy atom. The van der Waals surface area contributed by atoms with Crippen molar-refractivity contribution in [2.45, 2.75) is 25.3 Å². The summed E-state index contributed by atoms with van der Waals surface area (Å²) in [5.74, 6) is -3.98. The van der Waals surface area contributed by atoms with Crippen LogP contribution in [0.2, 0.25) is 0 Å². The van der Waals surface area contributed by atoms with Crippen LogP contribution >= 0.6 is 0 Å². The predicted octanol–water partition coefficient (Wildman–Crippen LogP) is 1.95. The van der Waals surface area contributed by atoms with Gasteiger partial charge in [0.15, 0.2) is 0 Å². The van der Waals surface area contributed by atoms with Gasteiger partial charge in [0.1, 0.15) is 11.6 Å². The highest BCUT2D eigenvalue weighted by Gasteiger charge is 2.34. The molecule has 1 fully saturated rings. The Bertz CT molecular complexity index is 519. The first-order valence-corrected chi connectivity index (χ1v) is 5.98. The van der Waals surface area contributed by atoms with E-state index in [0.717, 1.165) is 18.2 Å². The molecule has 1 aromatic rings. The summed E-state index contributed by atoms with van der Waals surface area (Å²) < 4.78 is 26.4. The summed E-state index contributed by atoms with van der Waals surface area (Å²) in [6, 6.07) is 2.05. The van der Waals surface area contributed by atoms with E-state index in [0.29, 0.717) is 19.3 Å². The monoisotopic (exact) mass is 269 g/mol. The molecule has 0 aliphatic heterocycles. The third kappa shape index (κ3) is 2.89. The summed E-state index contributed by atoms with van der Waals surface area (Å²) in [5, 5.41) is 11.4. The van der Waals surface area contributed by atoms with Crippen molar-refractivity contribution in [2.24, 2.45) is 5.92 Å². The van der Waals surface area contributed by atoms with Crippen LogP contribution in [0.4, 0.5) is 8.78 Å². The Morgan fingerprint density at radius 1 is 1.26 bits per heavy atom. The molecular formula is C13H13F2NO3. The van der Waals surface area contributed by atoms with Crippen LogP contribution in [0.3, 0.4) is 0 Å². The molecule has 1 amide bonds. The van der Waals surface area contributed by atoms with Crippen LogP contribution in [-0.4, -0.2) is 23.0 Å². The zero-order valence-electron chi connectivity index (χ0n) is 10.0. The summed E-state index contributed by atoms with van der Waals surface area (Å²) >= 11 is 0. The zero-order valence-corrected chi connectivity index (χ0v) is 10.0. The second kappa shape index (κ2) is 5.34. The summed E-state index contributed by atoms with van der Waals surface area (Å²) in [6.45, 7) is 0. The van der Waals surface area contributed by atoms with Crippen molar-refractivity contribution in [1.82, 2.24) is 5.32 Å². The topological polar surface area (TPSA) is 66.4 Å². The van der Waals surface area contributed by atoms with Crippen LogP contribution in [0.25, 0.3) is 0 Å². The zero-order chi connectivity index (χ0) is 14.0. The van der Waals surface area contributed by atoms with E-state index in [1.807, 2.05) is 0 Å². The lowest BCUT2D eigenvalue weighted by atomic mass is 10.0. The number of amides is 1. The number of halogens is 2. The Labute approximate surface area is 108 Å². The molecule has 19 heavy (non-hydrogen) atoms. The van der Waals surface area contributed by atoms with Crippen molar-refractivity contribution in [2.75, 3.05) is 0 Å². The lowest BCUT2D eigenvalue weighted by Gasteiger charge is -2.17. The third-order valence-electron chi connectivity index (χ3n) is 3.32. The first kappa shape index (κ1) is 13.5. The van der Waals surface area contributed by atoms with Gasteiger partial charge in [0.25, 0.3) is 5.91 Å². The van der Waals surface area contributed by atoms with Crippen molar-refractivity contribution in [3.63, 3.8) is 0 Å². The third-order valence-corrected chi connectivity index (χ3v) is 3.32. The minimum Gasteiger partial charge on any atom is -0.481 e. The minimum atomic E-state index is -0.984. The number of carboxylic acid groups (broad SMARTS) is 1. The molecule has 1 aliphatic carbocycles. The van der Waals surface area contributed by atoms with Crippen molar-refractivity contribution in [1.29, 1.82) is 0 Å². The maximum absolute atomic E-state index is 13.4. The molecule has 1 aromatic carbocycles. The van der Waals surface area contributed by atoms with Crippen LogP contribution in [0, 0.1) is 17.6 Å². The highest BCUT2D eigenvalue weighted by atomic mass is 19.1. The summed E-state index contributed by atoms with van der Waals surface area (Å²) in [5.41, 5.74) is -0.406. The Morgan fingerprint density at radius 2 is 2.00 bits per heavy atom. The molecule has 1 saturated carbocycles. The molecule has 0 spiro atoms. The molecular weight excluding hydrogens is 256 g/mol. The summed E-state index contributed by atoms with van der Waals surface area (Å²) in [4.78, 5) is 22.8. The van der Waals surface area contributed by atoms with E-state index in [4.69, 9.17) is 5.11 Å². The highest BCUT2D eigenvalue weighted by molar-refractivity contribution is 5.95. The maximum Gasteiger partial charge on any atom is 0.308 e. The molecule has 0 radical (unpaired) electrons. The molecule has 2 unspecified atom stereocenters. The van der Waals surface area contributed by atoms with Crippen molar-refractivity contribution >= 4 is 11.9 Å². The molecule has 2 rings (SSSR count). The first-order chi connectivity index (χ1) is 8.99. The number of rotatable bonds is 3. The van der Waals surface area contributed by atoms with Crippen molar-refractivity contribution in [3.05, 3.63) is 35.4 Å². The minimum absolute atomic E-state index is 0.406. The van der Waals surface area contributed by atoms with Gasteiger partial charge in [-0.25, -0.2) is 8.78 Å². The van der Waals surface area contributed by atoms with Gasteiger partial charge in [-0.3, -0.25) is 9.59 Å². The lowest BCUT2D eigenvalue weighted by molar-refractivity contribution is -0.142. The van der Waals surface area contributed by atoms with Gasteiger partial charge < -0.3 is 10.4 Å². The van der Waals surface area contributed by atoms with E-state index in [1.165, 1.54) is 0 Å². The Balaban J connectivity index is 2.12. The SMILES string of the molecule is O=C(NC1CCCC1C(=O)O)c1cc(F)ccc1F. The van der Waals surface area contributed by atoms with Gasteiger partial charge >= 0.3 is 5.97 Å². The molecule has 2 atom stereocenters. The van der Waals surface area contributed by atoms with Crippen LogP contribution < -0.4 is 5.32 Å². The molecule has 4 nitrogen and oxygen atoms in total. The second-order valence-corrected chi connectivity index (χ2v) is 4.58. The molecule has 0 bridgehead atoms. The fourth-order valence-corrected chi connectivity index (χ4v) is 2.35. The van der Waals surface area contributed by atoms with Gasteiger partial charge in [-0.15, -0.1) is 0 Å². The van der Waals surface area contributed by atoms with E-state index in [1.54, 1.807) is 0 Å². The van der Waals surface area contributed by atoms with Crippen LogP contribution in [0.15, 0.2) is 18.2 Å². The second-order valence-electron chi connectivity index (χ2n) is 4.58. The number of carbonyl (C=O) groups is 2. The Hall–Kier alpha value is -1.98. The molecule has 0 aromatic heterocycles. The van der Waals surface area contributed by atoms with Crippen molar-refractivity contribution < 1.29 is 23.5 Å². The lowest BCUT2D eigenvalue weighted by Crippen LogP contribution is -2.40. The quantitative estimate of drug-likeness (QED) is 0.881. The molecule has 2 N–H and O–H groups in total. The van der Waals surface area contributed by atoms with E-state index in [-0.39, 0.29) is 0 Å². The van der Waals surface area contributed by atoms with Gasteiger partial charge in [0.2, 0.25) is 0 Å². The summed E-state index contributed by atoms with van der Waals surface area (Å²) in [7, 11) is 0. The molecule has 0 heterocycles. The number of hydrogen-bond acceptors (Lipinski definition) is 2. The molecule has 0 saturated heterocycles. The van der Waals surface area contributed by atoms with E-state index < -0.39 is 41.0 Å². The number of carbonyl (C=O) groups excluding carboxylic acids is 1. The summed E-state index contributed by atoms with van der Waals surface area (Å²) in [6.07, 6.45) is 1.69. The number of nitrogens with one attached hydrogen (secondary N) is 1. The number of carboxylic acids is 1. The van der Waals surface area contributed by atoms with Gasteiger partial charge in [-0.2, -0.15) is 0 Å². The molecule has 102 valence electrons. The van der Waals surface area contributed by atoms with Crippen molar-refractivity contribution in [3.8, 4) is 0 Å². The largest absolute Gasteiger partial charge is 0.481 e. The van der Waals surface area contributed by atoms with Crippen LogP contribution in [0.1, 0.15) is 29.6 Å². The number of benzene rings is 1. The molecule has 6 heteroatoms. The van der Waals surface area contributed by atoms with Crippen LogP contribution in [0.5, 0.6) is 0 Å². The fourth-order valence-electron chi connectivity index (χ4n) is 2.35. The number of hydrogen-bond donors (Lipinski definition) is 2. The fraction of sp³-hybridized carbons (Fsp3) is 0.385. The first-order valence-electron chi connectivity index (χ1n) is 5.98. The van der Waals surface area contributed by atoms with E-state index in [9.17, 15) is 18.4 Å². The van der Waals surface area contributed by atoms with Crippen LogP contribution in [-0.2, 0) is 4.79 Å². The Kier molecular flexibility index (Phi) is 3.78. The standard InChI is InChI=1S/C13H13F2NO3/c14-7-4-5-10(15)9(6-7)12(17)16-11-3-1-2-8(11)13(18)19/h4-6,8,11H,1-3H2,(H,16,17)(H,18,19). The number of aliphatic carboxylic acids is 1. The maximum atomic E-state index is 13.4.